The van der Waals surface area contributed by atoms with Gasteiger partial charge in [-0.1, -0.05) is 61.0 Å². The smallest absolute Gasteiger partial charge is 0.320 e. The first kappa shape index (κ1) is 24.6. The van der Waals surface area contributed by atoms with E-state index in [1.54, 1.807) is 0 Å². The lowest BCUT2D eigenvalue weighted by Gasteiger charge is -2.32. The van der Waals surface area contributed by atoms with Crippen molar-refractivity contribution in [3.8, 4) is 34.0 Å². The Labute approximate surface area is 211 Å². The van der Waals surface area contributed by atoms with E-state index in [2.05, 4.69) is 35.3 Å². The van der Waals surface area contributed by atoms with Crippen molar-refractivity contribution >= 4 is 18.4 Å². The quantitative estimate of drug-likeness (QED) is 0.345. The van der Waals surface area contributed by atoms with Crippen molar-refractivity contribution in [3.05, 3.63) is 83.9 Å². The summed E-state index contributed by atoms with van der Waals surface area (Å²) in [5.41, 5.74) is 6.14. The Morgan fingerprint density at radius 3 is 2.46 bits per heavy atom. The largest absolute Gasteiger partial charge is 0.480 e. The number of carboxylic acids is 1. The monoisotopic (exact) mass is 489 g/mol. The lowest BCUT2D eigenvalue weighted by atomic mass is 9.96. The van der Waals surface area contributed by atoms with Crippen LogP contribution in [0.3, 0.4) is 0 Å². The van der Waals surface area contributed by atoms with Crippen LogP contribution in [0.2, 0.25) is 0 Å². The maximum absolute atomic E-state index is 11.6. The first-order chi connectivity index (χ1) is 16.6. The fourth-order valence-corrected chi connectivity index (χ4v) is 4.74. The highest BCUT2D eigenvalue weighted by molar-refractivity contribution is 5.85. The van der Waals surface area contributed by atoms with Gasteiger partial charge in [-0.3, -0.25) is 9.69 Å². The van der Waals surface area contributed by atoms with E-state index >= 15 is 0 Å². The van der Waals surface area contributed by atoms with Gasteiger partial charge in [0, 0.05) is 17.7 Å². The zero-order valence-electron chi connectivity index (χ0n) is 19.6. The van der Waals surface area contributed by atoms with E-state index in [-0.39, 0.29) is 12.4 Å². The molecule has 0 amide bonds. The molecule has 2 heterocycles. The van der Waals surface area contributed by atoms with Crippen LogP contribution in [-0.2, 0) is 11.3 Å². The maximum atomic E-state index is 11.6. The summed E-state index contributed by atoms with van der Waals surface area (Å²) >= 11 is 0. The summed E-state index contributed by atoms with van der Waals surface area (Å²) < 4.78 is 6.10. The van der Waals surface area contributed by atoms with Crippen molar-refractivity contribution in [1.29, 1.82) is 0 Å². The van der Waals surface area contributed by atoms with Crippen molar-refractivity contribution in [2.24, 2.45) is 0 Å². The predicted molar refractivity (Wildman–Crippen MR) is 138 cm³/mol. The summed E-state index contributed by atoms with van der Waals surface area (Å²) in [4.78, 5) is 13.7. The van der Waals surface area contributed by atoms with Crippen LogP contribution in [0.25, 0.3) is 34.0 Å². The fourth-order valence-electron chi connectivity index (χ4n) is 4.74. The second kappa shape index (κ2) is 10.8. The van der Waals surface area contributed by atoms with E-state index in [0.29, 0.717) is 24.7 Å². The molecule has 0 aliphatic carbocycles. The Balaban J connectivity index is 0.00000289. The van der Waals surface area contributed by atoms with E-state index < -0.39 is 12.0 Å². The van der Waals surface area contributed by atoms with Gasteiger partial charge < -0.3 is 9.52 Å². The first-order valence-corrected chi connectivity index (χ1v) is 11.7. The predicted octanol–water partition coefficient (Wildman–Crippen LogP) is 6.24. The SMILES string of the molecule is Cc1c(-c2ccccc2)cccc1-c1nnc(-c2cccc(CN3CCCCC3C(=O)O)c2)o1.Cl. The molecule has 1 unspecified atom stereocenters. The Bertz CT molecular complexity index is 1310. The summed E-state index contributed by atoms with van der Waals surface area (Å²) in [6.45, 7) is 3.45. The number of hydrogen-bond donors (Lipinski definition) is 1. The van der Waals surface area contributed by atoms with Crippen molar-refractivity contribution < 1.29 is 14.3 Å². The highest BCUT2D eigenvalue weighted by Crippen LogP contribution is 2.32. The summed E-state index contributed by atoms with van der Waals surface area (Å²) in [6.07, 6.45) is 2.69. The minimum atomic E-state index is -0.745. The van der Waals surface area contributed by atoms with Crippen molar-refractivity contribution in [1.82, 2.24) is 15.1 Å². The van der Waals surface area contributed by atoms with Gasteiger partial charge in [0.15, 0.2) is 0 Å². The van der Waals surface area contributed by atoms with E-state index in [1.165, 1.54) is 0 Å². The molecule has 0 radical (unpaired) electrons. The molecule has 5 rings (SSSR count). The number of benzene rings is 3. The third-order valence-corrected chi connectivity index (χ3v) is 6.53. The molecule has 1 atom stereocenters. The average molecular weight is 490 g/mol. The number of nitrogens with zero attached hydrogens (tertiary/aromatic N) is 3. The first-order valence-electron chi connectivity index (χ1n) is 11.7. The number of rotatable bonds is 6. The zero-order valence-corrected chi connectivity index (χ0v) is 20.4. The molecule has 4 aromatic rings. The molecule has 1 fully saturated rings. The van der Waals surface area contributed by atoms with Gasteiger partial charge in [0.25, 0.3) is 0 Å². The maximum Gasteiger partial charge on any atom is 0.320 e. The van der Waals surface area contributed by atoms with Crippen LogP contribution in [0.15, 0.2) is 77.2 Å². The number of carbonyl (C=O) groups is 1. The molecule has 0 saturated carbocycles. The molecule has 1 N–H and O–H groups in total. The molecule has 3 aromatic carbocycles. The van der Waals surface area contributed by atoms with Gasteiger partial charge in [-0.25, -0.2) is 0 Å². The standard InChI is InChI=1S/C28H27N3O3.ClH/c1-19-23(21-10-3-2-4-11-21)13-8-14-24(19)27-30-29-26(34-27)22-12-7-9-20(17-22)18-31-16-6-5-15-25(31)28(32)33;/h2-4,7-14,17,25H,5-6,15-16,18H2,1H3,(H,32,33);1H. The van der Waals surface area contributed by atoms with Crippen LogP contribution >= 0.6 is 12.4 Å². The Morgan fingerprint density at radius 1 is 0.943 bits per heavy atom. The van der Waals surface area contributed by atoms with Crippen molar-refractivity contribution in [3.63, 3.8) is 0 Å². The molecule has 35 heavy (non-hydrogen) atoms. The highest BCUT2D eigenvalue weighted by Gasteiger charge is 2.28. The summed E-state index contributed by atoms with van der Waals surface area (Å²) in [7, 11) is 0. The number of aliphatic carboxylic acids is 1. The molecular weight excluding hydrogens is 462 g/mol. The summed E-state index contributed by atoms with van der Waals surface area (Å²) in [5, 5.41) is 18.2. The molecule has 1 saturated heterocycles. The third kappa shape index (κ3) is 5.29. The molecule has 0 spiro atoms. The number of hydrogen-bond acceptors (Lipinski definition) is 5. The topological polar surface area (TPSA) is 79.5 Å². The van der Waals surface area contributed by atoms with E-state index in [1.807, 2.05) is 59.5 Å². The van der Waals surface area contributed by atoms with Gasteiger partial charge in [0.1, 0.15) is 6.04 Å². The summed E-state index contributed by atoms with van der Waals surface area (Å²) in [5.74, 6) is 0.193. The molecule has 180 valence electrons. The van der Waals surface area contributed by atoms with Gasteiger partial charge in [-0.15, -0.1) is 22.6 Å². The van der Waals surface area contributed by atoms with Gasteiger partial charge in [0.2, 0.25) is 11.8 Å². The second-order valence-corrected chi connectivity index (χ2v) is 8.78. The number of halogens is 1. The minimum absolute atomic E-state index is 0. The van der Waals surface area contributed by atoms with Gasteiger partial charge in [-0.2, -0.15) is 0 Å². The average Bonchev–Trinajstić information content (AvgIpc) is 3.35. The Hall–Kier alpha value is -3.48. The Kier molecular flexibility index (Phi) is 7.63. The second-order valence-electron chi connectivity index (χ2n) is 8.78. The number of piperidine rings is 1. The lowest BCUT2D eigenvalue weighted by molar-refractivity contribution is -0.144. The number of likely N-dealkylation sites (tertiary alicyclic amines) is 1. The van der Waals surface area contributed by atoms with Crippen LogP contribution in [-0.4, -0.2) is 38.8 Å². The molecular formula is C28H28ClN3O3. The summed E-state index contributed by atoms with van der Waals surface area (Å²) in [6, 6.07) is 23.9. The minimum Gasteiger partial charge on any atom is -0.480 e. The molecule has 0 bridgehead atoms. The van der Waals surface area contributed by atoms with Crippen molar-refractivity contribution in [2.45, 2.75) is 38.8 Å². The van der Waals surface area contributed by atoms with Crippen LogP contribution in [0.1, 0.15) is 30.4 Å². The lowest BCUT2D eigenvalue weighted by Crippen LogP contribution is -2.43. The van der Waals surface area contributed by atoms with Crippen LogP contribution in [0.4, 0.5) is 0 Å². The molecule has 1 aliphatic rings. The van der Waals surface area contributed by atoms with E-state index in [4.69, 9.17) is 4.42 Å². The van der Waals surface area contributed by atoms with Crippen LogP contribution in [0, 0.1) is 6.92 Å². The molecule has 6 nitrogen and oxygen atoms in total. The van der Waals surface area contributed by atoms with Gasteiger partial charge in [0.05, 0.1) is 0 Å². The van der Waals surface area contributed by atoms with E-state index in [9.17, 15) is 9.90 Å². The number of carboxylic acid groups (broad SMARTS) is 1. The van der Waals surface area contributed by atoms with Crippen LogP contribution in [0.5, 0.6) is 0 Å². The highest BCUT2D eigenvalue weighted by atomic mass is 35.5. The zero-order chi connectivity index (χ0) is 23.5. The molecule has 1 aromatic heterocycles. The number of aromatic nitrogens is 2. The van der Waals surface area contributed by atoms with Gasteiger partial charge in [-0.05, 0) is 66.8 Å². The normalized spacial score (nSPS) is 16.0. The fraction of sp³-hybridized carbons (Fsp3) is 0.250. The van der Waals surface area contributed by atoms with Crippen molar-refractivity contribution in [2.75, 3.05) is 6.54 Å². The third-order valence-electron chi connectivity index (χ3n) is 6.53. The Morgan fingerprint density at radius 2 is 1.66 bits per heavy atom. The van der Waals surface area contributed by atoms with Crippen LogP contribution < -0.4 is 0 Å². The van der Waals surface area contributed by atoms with Gasteiger partial charge >= 0.3 is 5.97 Å². The van der Waals surface area contributed by atoms with E-state index in [0.717, 1.165) is 52.8 Å². The molecule has 1 aliphatic heterocycles. The molecule has 7 heteroatoms.